The summed E-state index contributed by atoms with van der Waals surface area (Å²) < 4.78 is 86.0. The second-order valence-electron chi connectivity index (χ2n) is 6.39. The first-order chi connectivity index (χ1) is 13.2. The van der Waals surface area contributed by atoms with Crippen molar-refractivity contribution in [2.24, 2.45) is 17.3 Å². The molecule has 9 heteroatoms. The van der Waals surface area contributed by atoms with Crippen LogP contribution in [0.15, 0.2) is 10.6 Å². The van der Waals surface area contributed by atoms with Crippen LogP contribution in [0, 0.1) is 40.5 Å². The van der Waals surface area contributed by atoms with E-state index in [1.807, 2.05) is 0 Å². The standard InChI is InChI=1S/C17H16Cl2F4O3/c1-17(2)9(4-10(18)19)11(17)16(24)26-6-8-14(22)12(20)7(5-25-3)13(21)15(8)23/h4,9,11H,5-6H2,1-3H3/t9-,11+/m1/s1/i3D3. The topological polar surface area (TPSA) is 35.5 Å². The van der Waals surface area contributed by atoms with Gasteiger partial charge in [0.05, 0.1) is 27.8 Å². The van der Waals surface area contributed by atoms with Gasteiger partial charge >= 0.3 is 5.97 Å². The van der Waals surface area contributed by atoms with Gasteiger partial charge in [-0.15, -0.1) is 0 Å². The molecule has 0 bridgehead atoms. The summed E-state index contributed by atoms with van der Waals surface area (Å²) in [5.74, 6) is -9.21. The van der Waals surface area contributed by atoms with Crippen LogP contribution < -0.4 is 0 Å². The van der Waals surface area contributed by atoms with Crippen LogP contribution >= 0.6 is 23.2 Å². The van der Waals surface area contributed by atoms with Crippen LogP contribution in [0.3, 0.4) is 0 Å². The van der Waals surface area contributed by atoms with Crippen LogP contribution in [0.4, 0.5) is 17.6 Å². The fraction of sp³-hybridized carbons (Fsp3) is 0.471. The lowest BCUT2D eigenvalue weighted by molar-refractivity contribution is -0.147. The summed E-state index contributed by atoms with van der Waals surface area (Å²) in [5.41, 5.74) is -2.95. The highest BCUT2D eigenvalue weighted by Crippen LogP contribution is 2.60. The van der Waals surface area contributed by atoms with Crippen molar-refractivity contribution < 1.29 is 35.9 Å². The van der Waals surface area contributed by atoms with Crippen molar-refractivity contribution in [2.75, 3.05) is 7.04 Å². The SMILES string of the molecule is [2H]C([2H])([2H])OCc1c(F)c(F)c(COC(=O)[C@@H]2[C@@H](C=C(Cl)Cl)C2(C)C)c(F)c1F. The summed E-state index contributed by atoms with van der Waals surface area (Å²) in [5, 5.41) is 0. The summed E-state index contributed by atoms with van der Waals surface area (Å²) in [7, 11) is -3.02. The molecule has 0 unspecified atom stereocenters. The molecule has 0 saturated heterocycles. The molecular weight excluding hydrogens is 399 g/mol. The minimum absolute atomic E-state index is 0.0607. The number of carbonyl (C=O) groups is 1. The van der Waals surface area contributed by atoms with E-state index in [-0.39, 0.29) is 10.4 Å². The molecule has 144 valence electrons. The summed E-state index contributed by atoms with van der Waals surface area (Å²) >= 11 is 11.1. The highest BCUT2D eigenvalue weighted by atomic mass is 35.5. The molecule has 26 heavy (non-hydrogen) atoms. The lowest BCUT2D eigenvalue weighted by atomic mass is 10.1. The first-order valence-corrected chi connectivity index (χ1v) is 8.11. The number of allylic oxidation sites excluding steroid dienone is 1. The number of rotatable bonds is 6. The van der Waals surface area contributed by atoms with Crippen molar-refractivity contribution in [1.82, 2.24) is 0 Å². The molecule has 1 saturated carbocycles. The van der Waals surface area contributed by atoms with Crippen LogP contribution in [-0.4, -0.2) is 13.0 Å². The Morgan fingerprint density at radius 2 is 1.62 bits per heavy atom. The lowest BCUT2D eigenvalue weighted by Gasteiger charge is -2.12. The van der Waals surface area contributed by atoms with Gasteiger partial charge in [0.25, 0.3) is 0 Å². The van der Waals surface area contributed by atoms with Crippen LogP contribution in [-0.2, 0) is 27.5 Å². The van der Waals surface area contributed by atoms with E-state index in [1.165, 1.54) is 6.08 Å². The Morgan fingerprint density at radius 3 is 2.08 bits per heavy atom. The van der Waals surface area contributed by atoms with Crippen molar-refractivity contribution in [1.29, 1.82) is 0 Å². The molecule has 0 N–H and O–H groups in total. The van der Waals surface area contributed by atoms with Crippen molar-refractivity contribution in [3.63, 3.8) is 0 Å². The second-order valence-corrected chi connectivity index (χ2v) is 7.40. The minimum Gasteiger partial charge on any atom is -0.460 e. The fourth-order valence-corrected chi connectivity index (χ4v) is 3.13. The van der Waals surface area contributed by atoms with E-state index < -0.39 is 71.9 Å². The molecular formula is C17H16Cl2F4O3. The molecule has 2 atom stereocenters. The molecule has 0 spiro atoms. The Bertz CT molecular complexity index is 826. The third-order valence-electron chi connectivity index (χ3n) is 4.49. The smallest absolute Gasteiger partial charge is 0.310 e. The van der Waals surface area contributed by atoms with Crippen LogP contribution in [0.1, 0.15) is 29.1 Å². The van der Waals surface area contributed by atoms with Gasteiger partial charge in [-0.05, 0) is 17.4 Å². The van der Waals surface area contributed by atoms with E-state index in [0.29, 0.717) is 0 Å². The molecule has 3 nitrogen and oxygen atoms in total. The monoisotopic (exact) mass is 417 g/mol. The zero-order valence-corrected chi connectivity index (χ0v) is 15.2. The van der Waals surface area contributed by atoms with Crippen LogP contribution in [0.25, 0.3) is 0 Å². The average molecular weight is 418 g/mol. The summed E-state index contributed by atoms with van der Waals surface area (Å²) in [4.78, 5) is 12.2. The van der Waals surface area contributed by atoms with Gasteiger partial charge in [0.15, 0.2) is 23.3 Å². The van der Waals surface area contributed by atoms with Gasteiger partial charge in [-0.25, -0.2) is 17.6 Å². The molecule has 0 aromatic heterocycles. The summed E-state index contributed by atoms with van der Waals surface area (Å²) in [6.07, 6.45) is 1.43. The van der Waals surface area contributed by atoms with Gasteiger partial charge < -0.3 is 9.47 Å². The van der Waals surface area contributed by atoms with E-state index >= 15 is 0 Å². The minimum atomic E-state index is -3.02. The molecule has 1 fully saturated rings. The normalized spacial score (nSPS) is 22.8. The number of ether oxygens (including phenoxy) is 2. The fourth-order valence-electron chi connectivity index (χ4n) is 2.86. The van der Waals surface area contributed by atoms with E-state index in [2.05, 4.69) is 4.74 Å². The molecule has 1 aliphatic rings. The van der Waals surface area contributed by atoms with Gasteiger partial charge in [0.1, 0.15) is 11.1 Å². The zero-order chi connectivity index (χ0) is 22.3. The first-order valence-electron chi connectivity index (χ1n) is 8.85. The number of esters is 1. The van der Waals surface area contributed by atoms with E-state index in [1.54, 1.807) is 13.8 Å². The Morgan fingerprint density at radius 1 is 1.12 bits per heavy atom. The van der Waals surface area contributed by atoms with Gasteiger partial charge in [0.2, 0.25) is 0 Å². The number of hydrogen-bond donors (Lipinski definition) is 0. The molecule has 1 aromatic rings. The Balaban J connectivity index is 2.18. The highest BCUT2D eigenvalue weighted by Gasteiger charge is 2.61. The predicted octanol–water partition coefficient (Wildman–Crippen LogP) is 5.02. The lowest BCUT2D eigenvalue weighted by Crippen LogP contribution is -2.15. The molecule has 0 amide bonds. The third-order valence-corrected chi connectivity index (χ3v) is 4.74. The van der Waals surface area contributed by atoms with E-state index in [0.717, 1.165) is 0 Å². The molecule has 0 heterocycles. The van der Waals surface area contributed by atoms with Crippen molar-refractivity contribution >= 4 is 29.2 Å². The number of hydrogen-bond acceptors (Lipinski definition) is 3. The quantitative estimate of drug-likeness (QED) is 0.370. The largest absolute Gasteiger partial charge is 0.460 e. The Hall–Kier alpha value is -1.31. The number of benzene rings is 1. The molecule has 0 aliphatic heterocycles. The van der Waals surface area contributed by atoms with E-state index in [9.17, 15) is 22.4 Å². The van der Waals surface area contributed by atoms with Crippen LogP contribution in [0.2, 0.25) is 0 Å². The Labute approximate surface area is 162 Å². The van der Waals surface area contributed by atoms with Gasteiger partial charge in [0, 0.05) is 7.04 Å². The molecule has 1 aromatic carbocycles. The maximum Gasteiger partial charge on any atom is 0.310 e. The summed E-state index contributed by atoms with van der Waals surface area (Å²) in [6, 6.07) is 0. The van der Waals surface area contributed by atoms with Gasteiger partial charge in [-0.1, -0.05) is 37.0 Å². The van der Waals surface area contributed by atoms with Crippen molar-refractivity contribution in [2.45, 2.75) is 27.1 Å². The van der Waals surface area contributed by atoms with Crippen LogP contribution in [0.5, 0.6) is 0 Å². The maximum absolute atomic E-state index is 14.2. The van der Waals surface area contributed by atoms with Crippen molar-refractivity contribution in [3.8, 4) is 0 Å². The average Bonchev–Trinajstić information content (AvgIpc) is 3.11. The first kappa shape index (κ1) is 16.8. The predicted molar refractivity (Wildman–Crippen MR) is 87.3 cm³/mol. The maximum atomic E-state index is 14.2. The zero-order valence-electron chi connectivity index (χ0n) is 16.6. The molecule has 2 rings (SSSR count). The van der Waals surface area contributed by atoms with Gasteiger partial charge in [-0.3, -0.25) is 4.79 Å². The second kappa shape index (κ2) is 7.74. The third kappa shape index (κ3) is 3.85. The Kier molecular flexibility index (Phi) is 5.01. The highest BCUT2D eigenvalue weighted by molar-refractivity contribution is 6.55. The summed E-state index contributed by atoms with van der Waals surface area (Å²) in [6.45, 7) is 1.15. The van der Waals surface area contributed by atoms with Gasteiger partial charge in [-0.2, -0.15) is 0 Å². The number of carbonyl (C=O) groups excluding carboxylic acids is 1. The number of methoxy groups -OCH3 is 1. The molecule has 0 radical (unpaired) electrons. The van der Waals surface area contributed by atoms with E-state index in [4.69, 9.17) is 32.1 Å². The van der Waals surface area contributed by atoms with Crippen molar-refractivity contribution in [3.05, 3.63) is 45.0 Å². The molecule has 1 aliphatic carbocycles. The number of halogens is 6.